The Kier molecular flexibility index (Phi) is 0.339. The van der Waals surface area contributed by atoms with E-state index in [4.69, 9.17) is 5.53 Å². The van der Waals surface area contributed by atoms with Crippen LogP contribution in [0.2, 0.25) is 0 Å². The summed E-state index contributed by atoms with van der Waals surface area (Å²) < 4.78 is 3.93. The highest BCUT2D eigenvalue weighted by Crippen LogP contribution is 1.43. The fourth-order valence-corrected chi connectivity index (χ4v) is 0.124. The molecule has 0 amide bonds. The summed E-state index contributed by atoms with van der Waals surface area (Å²) in [6.45, 7) is 0. The molecule has 1 aromatic rings. The Morgan fingerprint density at radius 2 is 2.33 bits per heavy atom. The average molecular weight is 84.0 g/mol. The first-order valence-electron chi connectivity index (χ1n) is 1.29. The van der Waals surface area contributed by atoms with Crippen LogP contribution >= 0.6 is 0 Å². The van der Waals surface area contributed by atoms with Gasteiger partial charge in [-0.25, -0.2) is 4.79 Å². The van der Waals surface area contributed by atoms with Gasteiger partial charge in [0, 0.05) is 0 Å². The van der Waals surface area contributed by atoms with E-state index in [9.17, 15) is 4.79 Å². The Bertz CT molecular complexity index is 231. The summed E-state index contributed by atoms with van der Waals surface area (Å²) in [6, 6.07) is 0. The van der Waals surface area contributed by atoms with Gasteiger partial charge in [0.1, 0.15) is 0 Å². The molecule has 0 N–H and O–H groups in total. The van der Waals surface area contributed by atoms with Gasteiger partial charge in [-0.1, -0.05) is 0 Å². The maximum absolute atomic E-state index is 9.60. The average Bonchev–Trinajstić information content (AvgIpc) is 2.19. The van der Waals surface area contributed by atoms with Crippen LogP contribution in [0.1, 0.15) is 0 Å². The van der Waals surface area contributed by atoms with E-state index in [-0.39, 0.29) is 5.55 Å². The molecule has 0 saturated heterocycles. The van der Waals surface area contributed by atoms with Crippen LogP contribution in [0.5, 0.6) is 0 Å². The second-order valence-electron chi connectivity index (χ2n) is 0.795. The highest BCUT2D eigenvalue weighted by atomic mass is 16.5. The summed E-state index contributed by atoms with van der Waals surface area (Å²) in [6.07, 6.45) is 0. The van der Waals surface area contributed by atoms with Crippen LogP contribution in [0.15, 0.2) is 9.21 Å². The van der Waals surface area contributed by atoms with Crippen molar-refractivity contribution in [1.82, 2.24) is 0 Å². The summed E-state index contributed by atoms with van der Waals surface area (Å²) >= 11 is 0. The Balaban J connectivity index is 3.66. The lowest BCUT2D eigenvalue weighted by Crippen LogP contribution is -1.94. The summed E-state index contributed by atoms with van der Waals surface area (Å²) in [7, 11) is 0. The molecule has 0 saturated carbocycles. The Morgan fingerprint density at radius 3 is 2.33 bits per heavy atom. The smallest absolute Gasteiger partial charge is 0.356 e. The van der Waals surface area contributed by atoms with E-state index in [2.05, 4.69) is 9.21 Å². The van der Waals surface area contributed by atoms with E-state index in [1.54, 1.807) is 0 Å². The van der Waals surface area contributed by atoms with Crippen LogP contribution < -0.4 is 11.2 Å². The monoisotopic (exact) mass is 84.0 g/mol. The van der Waals surface area contributed by atoms with Gasteiger partial charge in [-0.2, -0.15) is 0 Å². The van der Waals surface area contributed by atoms with Crippen molar-refractivity contribution in [3.05, 3.63) is 21.5 Å². The van der Waals surface area contributed by atoms with Crippen molar-refractivity contribution in [1.29, 1.82) is 0 Å². The van der Waals surface area contributed by atoms with Gasteiger partial charge >= 0.3 is 11.2 Å². The number of rotatable bonds is 0. The minimum Gasteiger partial charge on any atom is -0.356 e. The predicted octanol–water partition coefficient (Wildman–Crippen LogP) is -1.35. The predicted molar refractivity (Wildman–Crippen MR) is 14.1 cm³/mol. The molecule has 0 spiro atoms. The van der Waals surface area contributed by atoms with Crippen LogP contribution in [0.4, 0.5) is 0 Å². The van der Waals surface area contributed by atoms with Crippen LogP contribution in [0, 0.1) is 0 Å². The Morgan fingerprint density at radius 1 is 1.83 bits per heavy atom. The van der Waals surface area contributed by atoms with Gasteiger partial charge in [0.2, 0.25) is 0 Å². The van der Waals surface area contributed by atoms with Crippen LogP contribution in [0.25, 0.3) is 5.53 Å². The fraction of sp³-hybridized carbons (Fsp3) is 0. The quantitative estimate of drug-likeness (QED) is 0.288. The first kappa shape index (κ1) is 3.06. The molecule has 0 aliphatic rings. The molecule has 0 unspecified atom stereocenters. The van der Waals surface area contributed by atoms with Crippen molar-refractivity contribution in [2.75, 3.05) is 0 Å². The standard InChI is InChI=1S/C2N2O2/c3-4-1-2(5)6-1. The molecule has 4 nitrogen and oxygen atoms in total. The zero-order valence-electron chi connectivity index (χ0n) is 2.71. The summed E-state index contributed by atoms with van der Waals surface area (Å²) in [5.41, 5.74) is 6.88. The summed E-state index contributed by atoms with van der Waals surface area (Å²) in [5, 5.41) is 0. The maximum Gasteiger partial charge on any atom is 0.570 e. The first-order valence-corrected chi connectivity index (χ1v) is 1.29. The van der Waals surface area contributed by atoms with E-state index in [0.29, 0.717) is 0 Å². The van der Waals surface area contributed by atoms with Gasteiger partial charge in [-0.15, -0.1) is 4.79 Å². The third-order valence-corrected chi connectivity index (χ3v) is 0.413. The van der Waals surface area contributed by atoms with Crippen molar-refractivity contribution in [3.63, 3.8) is 0 Å². The largest absolute Gasteiger partial charge is 0.570 e. The highest BCUT2D eigenvalue weighted by molar-refractivity contribution is 4.58. The molecule has 0 atom stereocenters. The van der Waals surface area contributed by atoms with Crippen molar-refractivity contribution in [3.8, 4) is 0 Å². The molecule has 0 bridgehead atoms. The third-order valence-electron chi connectivity index (χ3n) is 0.413. The topological polar surface area (TPSA) is 66.6 Å². The molecule has 1 heterocycles. The lowest BCUT2D eigenvalue weighted by Gasteiger charge is -1.20. The van der Waals surface area contributed by atoms with Crippen LogP contribution in [-0.4, -0.2) is 4.79 Å². The van der Waals surface area contributed by atoms with Crippen molar-refractivity contribution in [2.45, 2.75) is 0 Å². The molecule has 1 rings (SSSR count). The molecule has 0 aromatic carbocycles. The van der Waals surface area contributed by atoms with Gasteiger partial charge in [0.25, 0.3) is 0 Å². The van der Waals surface area contributed by atoms with E-state index in [0.717, 1.165) is 0 Å². The molecular weight excluding hydrogens is 84.0 g/mol. The van der Waals surface area contributed by atoms with Crippen LogP contribution in [-0.2, 0) is 0 Å². The maximum atomic E-state index is 9.60. The molecule has 4 heteroatoms. The third kappa shape index (κ3) is 0.208. The lowest BCUT2D eigenvalue weighted by molar-refractivity contribution is -0.0762. The zero-order valence-corrected chi connectivity index (χ0v) is 2.71. The number of hydrogen-bond acceptors (Lipinski definition) is 2. The highest BCUT2D eigenvalue weighted by Gasteiger charge is 2.11. The van der Waals surface area contributed by atoms with Crippen molar-refractivity contribution >= 4 is 0 Å². The van der Waals surface area contributed by atoms with Crippen molar-refractivity contribution < 1.29 is 9.21 Å². The molecule has 30 valence electrons. The van der Waals surface area contributed by atoms with Gasteiger partial charge in [-0.3, -0.25) is 0 Å². The summed E-state index contributed by atoms with van der Waals surface area (Å²) in [5.74, 6) is 0. The van der Waals surface area contributed by atoms with Gasteiger partial charge in [0.05, 0.1) is 0 Å². The second kappa shape index (κ2) is 0.666. The van der Waals surface area contributed by atoms with Crippen molar-refractivity contribution in [2.24, 2.45) is 0 Å². The summed E-state index contributed by atoms with van der Waals surface area (Å²) in [4.78, 5) is 12.0. The first-order chi connectivity index (χ1) is 2.84. The van der Waals surface area contributed by atoms with Gasteiger partial charge in [-0.05, 0) is 0 Å². The molecule has 0 fully saturated rings. The molecule has 0 radical (unpaired) electrons. The van der Waals surface area contributed by atoms with E-state index in [1.807, 2.05) is 0 Å². The second-order valence-corrected chi connectivity index (χ2v) is 0.795. The molecule has 0 aliphatic carbocycles. The Hall–Kier alpha value is -1.15. The van der Waals surface area contributed by atoms with E-state index >= 15 is 0 Å². The van der Waals surface area contributed by atoms with E-state index in [1.165, 1.54) is 0 Å². The SMILES string of the molecule is [N-]=[N+]=c1oc1=O. The normalized spacial score (nSPS) is 8.67. The minimum atomic E-state index is -0.544. The van der Waals surface area contributed by atoms with Gasteiger partial charge in [0.15, 0.2) is 0 Å². The molecular formula is C2N2O2. The molecule has 0 aliphatic heterocycles. The minimum absolute atomic E-state index is 0.199. The van der Waals surface area contributed by atoms with Crippen LogP contribution in [0.3, 0.4) is 0 Å². The van der Waals surface area contributed by atoms with E-state index < -0.39 is 5.63 Å². The fourth-order valence-electron chi connectivity index (χ4n) is 0.124. The van der Waals surface area contributed by atoms with Gasteiger partial charge < -0.3 is 9.95 Å². The lowest BCUT2D eigenvalue weighted by atomic mass is 11.1. The number of hydrogen-bond donors (Lipinski definition) is 0. The zero-order chi connectivity index (χ0) is 4.57. The Labute approximate surface area is 31.9 Å². The number of nitrogens with zero attached hydrogens (tertiary/aromatic N) is 2. The molecule has 6 heavy (non-hydrogen) atoms. The molecule has 1 aromatic heterocycles.